The van der Waals surface area contributed by atoms with E-state index in [2.05, 4.69) is 15.3 Å². The summed E-state index contributed by atoms with van der Waals surface area (Å²) in [4.78, 5) is 20.9. The largest absolute Gasteiger partial charge is 0.481 e. The fourth-order valence-electron chi connectivity index (χ4n) is 3.37. The fourth-order valence-corrected chi connectivity index (χ4v) is 3.66. The van der Waals surface area contributed by atoms with E-state index >= 15 is 0 Å². The van der Waals surface area contributed by atoms with E-state index in [9.17, 15) is 9.90 Å². The summed E-state index contributed by atoms with van der Waals surface area (Å²) in [7, 11) is 1.55. The molecule has 134 valence electrons. The second kappa shape index (κ2) is 6.17. The predicted molar refractivity (Wildman–Crippen MR) is 99.3 cm³/mol. The van der Waals surface area contributed by atoms with Crippen LogP contribution >= 0.6 is 11.6 Å². The summed E-state index contributed by atoms with van der Waals surface area (Å²) in [6.45, 7) is 3.34. The number of nitrogens with zero attached hydrogens (tertiary/aromatic N) is 3. The zero-order valence-corrected chi connectivity index (χ0v) is 15.1. The van der Waals surface area contributed by atoms with Gasteiger partial charge >= 0.3 is 5.97 Å². The van der Waals surface area contributed by atoms with Crippen molar-refractivity contribution in [1.29, 1.82) is 0 Å². The Morgan fingerprint density at radius 2 is 2.15 bits per heavy atom. The number of aromatic nitrogens is 3. The molecular formula is C18H17ClN4O3. The van der Waals surface area contributed by atoms with Crippen LogP contribution in [0.1, 0.15) is 22.5 Å². The Balaban J connectivity index is 2.03. The summed E-state index contributed by atoms with van der Waals surface area (Å²) in [6, 6.07) is 5.16. The Hall–Kier alpha value is -2.80. The first-order valence-electron chi connectivity index (χ1n) is 8.23. The highest BCUT2D eigenvalue weighted by molar-refractivity contribution is 6.38. The second-order valence-corrected chi connectivity index (χ2v) is 6.52. The summed E-state index contributed by atoms with van der Waals surface area (Å²) < 4.78 is 7.03. The molecule has 8 heteroatoms. The lowest BCUT2D eigenvalue weighted by Crippen LogP contribution is -2.17. The van der Waals surface area contributed by atoms with E-state index < -0.39 is 5.97 Å². The number of halogens is 1. The molecule has 0 saturated heterocycles. The fraction of sp³-hybridized carbons (Fsp3) is 0.278. The lowest BCUT2D eigenvalue weighted by Gasteiger charge is -2.17. The maximum atomic E-state index is 11.9. The van der Waals surface area contributed by atoms with E-state index in [4.69, 9.17) is 16.3 Å². The van der Waals surface area contributed by atoms with E-state index in [1.165, 1.54) is 0 Å². The van der Waals surface area contributed by atoms with Gasteiger partial charge in [-0.25, -0.2) is 14.8 Å². The maximum absolute atomic E-state index is 11.9. The van der Waals surface area contributed by atoms with E-state index in [1.807, 2.05) is 17.6 Å². The minimum absolute atomic E-state index is 0.178. The van der Waals surface area contributed by atoms with Crippen LogP contribution in [0.15, 0.2) is 18.2 Å². The SMILES string of the molecule is COc1ccc(-c2cc(C(=O)O)c3c(nc4n3CCCN4)c2Cl)c(C)n1. The van der Waals surface area contributed by atoms with Crippen LogP contribution in [0.25, 0.3) is 22.2 Å². The third-order valence-corrected chi connectivity index (χ3v) is 4.97. The van der Waals surface area contributed by atoms with Gasteiger partial charge in [0, 0.05) is 36.0 Å². The average molecular weight is 373 g/mol. The van der Waals surface area contributed by atoms with Crippen LogP contribution in [0.3, 0.4) is 0 Å². The number of pyridine rings is 1. The molecule has 3 heterocycles. The van der Waals surface area contributed by atoms with E-state index in [1.54, 1.807) is 19.2 Å². The van der Waals surface area contributed by atoms with E-state index in [0.29, 0.717) is 45.7 Å². The summed E-state index contributed by atoms with van der Waals surface area (Å²) in [5.74, 6) is 0.126. The standard InChI is InChI=1S/C18H17ClN4O3/c1-9-10(4-5-13(21-9)26-2)11-8-12(17(24)25)16-15(14(11)19)22-18-20-6-3-7-23(16)18/h4-5,8H,3,6-7H2,1-2H3,(H,20,22)(H,24,25). The quantitative estimate of drug-likeness (QED) is 0.730. The van der Waals surface area contributed by atoms with Crippen LogP contribution in [0.2, 0.25) is 5.02 Å². The topological polar surface area (TPSA) is 89.3 Å². The number of carbonyl (C=O) groups is 1. The van der Waals surface area contributed by atoms with Crippen molar-refractivity contribution in [2.24, 2.45) is 0 Å². The highest BCUT2D eigenvalue weighted by atomic mass is 35.5. The molecule has 0 bridgehead atoms. The van der Waals surface area contributed by atoms with Gasteiger partial charge in [0.25, 0.3) is 0 Å². The first-order chi connectivity index (χ1) is 12.5. The highest BCUT2D eigenvalue weighted by Gasteiger charge is 2.25. The Bertz CT molecular complexity index is 1040. The monoisotopic (exact) mass is 372 g/mol. The first kappa shape index (κ1) is 16.7. The normalized spacial score (nSPS) is 13.3. The number of ether oxygens (including phenoxy) is 1. The van der Waals surface area contributed by atoms with E-state index in [0.717, 1.165) is 18.5 Å². The van der Waals surface area contributed by atoms with Crippen LogP contribution in [0, 0.1) is 6.92 Å². The van der Waals surface area contributed by atoms with Crippen LogP contribution < -0.4 is 10.1 Å². The minimum atomic E-state index is -1.01. The van der Waals surface area contributed by atoms with Gasteiger partial charge in [0.05, 0.1) is 23.2 Å². The van der Waals surface area contributed by atoms with Crippen LogP contribution in [-0.4, -0.2) is 39.3 Å². The number of carboxylic acid groups (broad SMARTS) is 1. The van der Waals surface area contributed by atoms with Crippen molar-refractivity contribution in [3.63, 3.8) is 0 Å². The Labute approximate surface area is 154 Å². The third kappa shape index (κ3) is 2.47. The number of anilines is 1. The number of rotatable bonds is 3. The molecule has 0 radical (unpaired) electrons. The average Bonchev–Trinajstić information content (AvgIpc) is 3.02. The lowest BCUT2D eigenvalue weighted by molar-refractivity contribution is 0.0698. The molecule has 4 rings (SSSR count). The van der Waals surface area contributed by atoms with Gasteiger partial charge in [-0.3, -0.25) is 0 Å². The number of imidazole rings is 1. The van der Waals surface area contributed by atoms with Crippen molar-refractivity contribution in [3.05, 3.63) is 34.5 Å². The van der Waals surface area contributed by atoms with Crippen molar-refractivity contribution >= 4 is 34.6 Å². The number of nitrogens with one attached hydrogen (secondary N) is 1. The van der Waals surface area contributed by atoms with Gasteiger partial charge in [-0.2, -0.15) is 0 Å². The molecule has 0 amide bonds. The number of methoxy groups -OCH3 is 1. The summed E-state index contributed by atoms with van der Waals surface area (Å²) in [5, 5.41) is 13.4. The van der Waals surface area contributed by atoms with Crippen molar-refractivity contribution in [3.8, 4) is 17.0 Å². The molecular weight excluding hydrogens is 356 g/mol. The van der Waals surface area contributed by atoms with Gasteiger partial charge in [-0.1, -0.05) is 11.6 Å². The third-order valence-electron chi connectivity index (χ3n) is 4.59. The molecule has 7 nitrogen and oxygen atoms in total. The molecule has 0 fully saturated rings. The van der Waals surface area contributed by atoms with Crippen LogP contribution in [0.5, 0.6) is 5.88 Å². The molecule has 3 aromatic rings. The predicted octanol–water partition coefficient (Wildman–Crippen LogP) is 3.58. The number of fused-ring (bicyclic) bond motifs is 3. The zero-order chi connectivity index (χ0) is 18.4. The molecule has 1 aromatic carbocycles. The molecule has 1 aliphatic rings. The smallest absolute Gasteiger partial charge is 0.337 e. The molecule has 26 heavy (non-hydrogen) atoms. The number of aryl methyl sites for hydroxylation is 2. The molecule has 2 N–H and O–H groups in total. The summed E-state index contributed by atoms with van der Waals surface area (Å²) in [5.41, 5.74) is 3.26. The van der Waals surface area contributed by atoms with Crippen molar-refractivity contribution < 1.29 is 14.6 Å². The molecule has 0 unspecified atom stereocenters. The number of carboxylic acids is 1. The molecule has 0 atom stereocenters. The molecule has 0 spiro atoms. The van der Waals surface area contributed by atoms with Gasteiger partial charge < -0.3 is 19.7 Å². The zero-order valence-electron chi connectivity index (χ0n) is 14.3. The first-order valence-corrected chi connectivity index (χ1v) is 8.61. The van der Waals surface area contributed by atoms with E-state index in [-0.39, 0.29) is 5.56 Å². The molecule has 2 aromatic heterocycles. The Morgan fingerprint density at radius 1 is 1.35 bits per heavy atom. The molecule has 0 saturated carbocycles. The number of aromatic carboxylic acids is 1. The molecule has 1 aliphatic heterocycles. The lowest BCUT2D eigenvalue weighted by atomic mass is 10.00. The minimum Gasteiger partial charge on any atom is -0.481 e. The van der Waals surface area contributed by atoms with Crippen LogP contribution in [0.4, 0.5) is 5.95 Å². The van der Waals surface area contributed by atoms with Crippen molar-refractivity contribution in [2.45, 2.75) is 19.9 Å². The van der Waals surface area contributed by atoms with Crippen molar-refractivity contribution in [2.75, 3.05) is 19.0 Å². The van der Waals surface area contributed by atoms with Gasteiger partial charge in [-0.05, 0) is 25.5 Å². The van der Waals surface area contributed by atoms with Gasteiger partial charge in [0.1, 0.15) is 5.52 Å². The number of hydrogen-bond acceptors (Lipinski definition) is 5. The second-order valence-electron chi connectivity index (χ2n) is 6.14. The van der Waals surface area contributed by atoms with Gasteiger partial charge in [0.15, 0.2) is 0 Å². The maximum Gasteiger partial charge on any atom is 0.337 e. The number of hydrogen-bond donors (Lipinski definition) is 2. The number of benzene rings is 1. The Kier molecular flexibility index (Phi) is 3.96. The highest BCUT2D eigenvalue weighted by Crippen LogP contribution is 2.39. The summed E-state index contributed by atoms with van der Waals surface area (Å²) in [6.07, 6.45) is 0.901. The van der Waals surface area contributed by atoms with Crippen molar-refractivity contribution in [1.82, 2.24) is 14.5 Å². The summed E-state index contributed by atoms with van der Waals surface area (Å²) >= 11 is 6.66. The van der Waals surface area contributed by atoms with Crippen LogP contribution in [-0.2, 0) is 6.54 Å². The van der Waals surface area contributed by atoms with Gasteiger partial charge in [0.2, 0.25) is 11.8 Å². The Morgan fingerprint density at radius 3 is 2.85 bits per heavy atom. The molecule has 0 aliphatic carbocycles. The van der Waals surface area contributed by atoms with Gasteiger partial charge in [-0.15, -0.1) is 0 Å².